The van der Waals surface area contributed by atoms with Crippen LogP contribution in [0.2, 0.25) is 0 Å². The number of allylic oxidation sites excluding steroid dienone is 2. The van der Waals surface area contributed by atoms with Crippen LogP contribution in [0, 0.1) is 0 Å². The Kier molecular flexibility index (Phi) is 12.0. The summed E-state index contributed by atoms with van der Waals surface area (Å²) in [5.41, 5.74) is 26.7. The van der Waals surface area contributed by atoms with Crippen molar-refractivity contribution in [2.24, 2.45) is 38.7 Å². The number of nitrogens with one attached hydrogen (secondary N) is 1. The zero-order chi connectivity index (χ0) is 21.5. The summed E-state index contributed by atoms with van der Waals surface area (Å²) in [5.74, 6) is -0.985. The first-order valence-electron chi connectivity index (χ1n) is 8.57. The Morgan fingerprint density at radius 2 is 1.64 bits per heavy atom. The predicted molar refractivity (Wildman–Crippen MR) is 109 cm³/mol. The Hall–Kier alpha value is -3.50. The molecular weight excluding hydrogens is 364 g/mol. The fourth-order valence-corrected chi connectivity index (χ4v) is 1.89. The molecule has 0 aliphatic heterocycles. The van der Waals surface area contributed by atoms with Crippen LogP contribution in [0.3, 0.4) is 0 Å². The van der Waals surface area contributed by atoms with Gasteiger partial charge in [-0.15, -0.1) is 0 Å². The largest absolute Gasteiger partial charge is 0.491 e. The summed E-state index contributed by atoms with van der Waals surface area (Å²) < 4.78 is 5.32. The van der Waals surface area contributed by atoms with Gasteiger partial charge in [0.1, 0.15) is 12.4 Å². The summed E-state index contributed by atoms with van der Waals surface area (Å²) >= 11 is 0. The molecule has 11 N–H and O–H groups in total. The molecule has 11 nitrogen and oxygen atoms in total. The van der Waals surface area contributed by atoms with Crippen molar-refractivity contribution in [2.45, 2.75) is 26.2 Å². The van der Waals surface area contributed by atoms with Crippen molar-refractivity contribution in [3.05, 3.63) is 35.8 Å². The molecule has 0 aromatic rings. The fraction of sp³-hybridized carbons (Fsp3) is 0.412. The first kappa shape index (κ1) is 24.5. The number of ether oxygens (including phenoxy) is 1. The lowest BCUT2D eigenvalue weighted by molar-refractivity contribution is -0.120. The van der Waals surface area contributed by atoms with Crippen LogP contribution in [0.5, 0.6) is 0 Å². The average molecular weight is 394 g/mol. The summed E-state index contributed by atoms with van der Waals surface area (Å²) in [4.78, 5) is 31.3. The second-order valence-corrected chi connectivity index (χ2v) is 5.56. The van der Waals surface area contributed by atoms with E-state index in [0.717, 1.165) is 0 Å². The molecule has 0 aliphatic rings. The molecule has 0 saturated heterocycles. The Morgan fingerprint density at radius 3 is 2.18 bits per heavy atom. The van der Waals surface area contributed by atoms with Crippen LogP contribution >= 0.6 is 0 Å². The molecule has 156 valence electrons. The van der Waals surface area contributed by atoms with Gasteiger partial charge in [-0.3, -0.25) is 19.6 Å². The summed E-state index contributed by atoms with van der Waals surface area (Å²) in [6, 6.07) is 0. The van der Waals surface area contributed by atoms with E-state index >= 15 is 0 Å². The molecule has 2 amide bonds. The number of nitrogens with two attached hydrogens (primary N) is 5. The molecule has 0 aliphatic carbocycles. The highest BCUT2D eigenvalue weighted by Gasteiger charge is 2.13. The van der Waals surface area contributed by atoms with Gasteiger partial charge < -0.3 is 38.7 Å². The zero-order valence-electron chi connectivity index (χ0n) is 16.1. The van der Waals surface area contributed by atoms with Crippen molar-refractivity contribution in [1.29, 1.82) is 0 Å². The standard InChI is InChI=1S/C17H30N8O3/c1-3-12(25-14(26)6-4-5-7-23-16(19)20)10-13(15(18)27)11(2)28-9-8-24-17(21)22/h3,10H,2,4-9H2,1H3,(H2,18,27)(H,25,26)(H4,19,20,23)(H4,21,22,24)/b12-3+,13-10+. The lowest BCUT2D eigenvalue weighted by atomic mass is 10.1. The molecule has 0 saturated carbocycles. The molecule has 0 radical (unpaired) electrons. The monoisotopic (exact) mass is 394 g/mol. The van der Waals surface area contributed by atoms with E-state index in [-0.39, 0.29) is 48.7 Å². The minimum atomic E-state index is -0.752. The first-order chi connectivity index (χ1) is 13.2. The predicted octanol–water partition coefficient (Wildman–Crippen LogP) is -1.33. The number of nitrogens with zero attached hydrogens (tertiary/aromatic N) is 2. The quantitative estimate of drug-likeness (QED) is 0.0552. The van der Waals surface area contributed by atoms with Gasteiger partial charge in [0.05, 0.1) is 12.1 Å². The number of amides is 2. The lowest BCUT2D eigenvalue weighted by Gasteiger charge is -2.11. The van der Waals surface area contributed by atoms with Crippen molar-refractivity contribution in [3.63, 3.8) is 0 Å². The SMILES string of the molecule is C=C(OCCN=C(N)N)/C(=C\C(=C/C)NC(=O)CCCCN=C(N)N)C(N)=O. The van der Waals surface area contributed by atoms with Crippen LogP contribution in [-0.4, -0.2) is 43.4 Å². The van der Waals surface area contributed by atoms with Crippen LogP contribution in [0.15, 0.2) is 45.7 Å². The molecule has 0 fully saturated rings. The molecule has 0 atom stereocenters. The summed E-state index contributed by atoms with van der Waals surface area (Å²) in [7, 11) is 0. The molecule has 0 heterocycles. The van der Waals surface area contributed by atoms with Crippen molar-refractivity contribution in [2.75, 3.05) is 19.7 Å². The number of primary amides is 1. The third kappa shape index (κ3) is 12.0. The molecular formula is C17H30N8O3. The lowest BCUT2D eigenvalue weighted by Crippen LogP contribution is -2.24. The Morgan fingerprint density at radius 1 is 1.04 bits per heavy atom. The highest BCUT2D eigenvalue weighted by Crippen LogP contribution is 2.12. The molecule has 0 aromatic carbocycles. The van der Waals surface area contributed by atoms with Gasteiger partial charge in [-0.1, -0.05) is 12.7 Å². The van der Waals surface area contributed by atoms with E-state index in [4.69, 9.17) is 33.4 Å². The highest BCUT2D eigenvalue weighted by molar-refractivity contribution is 5.96. The number of guanidine groups is 2. The third-order valence-electron chi connectivity index (χ3n) is 3.23. The topological polar surface area (TPSA) is 210 Å². The molecule has 0 unspecified atom stereocenters. The van der Waals surface area contributed by atoms with Crippen LogP contribution in [0.25, 0.3) is 0 Å². The van der Waals surface area contributed by atoms with Crippen LogP contribution in [-0.2, 0) is 14.3 Å². The highest BCUT2D eigenvalue weighted by atomic mass is 16.5. The first-order valence-corrected chi connectivity index (χ1v) is 8.57. The Bertz CT molecular complexity index is 672. The van der Waals surface area contributed by atoms with E-state index in [1.807, 2.05) is 0 Å². The van der Waals surface area contributed by atoms with Gasteiger partial charge in [-0.05, 0) is 25.8 Å². The van der Waals surface area contributed by atoms with Crippen molar-refractivity contribution in [3.8, 4) is 0 Å². The van der Waals surface area contributed by atoms with Gasteiger partial charge >= 0.3 is 0 Å². The average Bonchev–Trinajstić information content (AvgIpc) is 2.60. The third-order valence-corrected chi connectivity index (χ3v) is 3.23. The maximum Gasteiger partial charge on any atom is 0.252 e. The smallest absolute Gasteiger partial charge is 0.252 e. The zero-order valence-corrected chi connectivity index (χ0v) is 16.1. The van der Waals surface area contributed by atoms with E-state index in [9.17, 15) is 9.59 Å². The summed E-state index contributed by atoms with van der Waals surface area (Å²) in [5, 5.41) is 2.69. The van der Waals surface area contributed by atoms with E-state index in [1.165, 1.54) is 6.08 Å². The second kappa shape index (κ2) is 13.7. The fourth-order valence-electron chi connectivity index (χ4n) is 1.89. The number of rotatable bonds is 13. The van der Waals surface area contributed by atoms with Crippen LogP contribution < -0.4 is 34.0 Å². The normalized spacial score (nSPS) is 11.3. The molecule has 11 heteroatoms. The molecule has 0 rings (SSSR count). The second-order valence-electron chi connectivity index (χ2n) is 5.56. The number of hydrogen-bond donors (Lipinski definition) is 6. The molecule has 0 bridgehead atoms. The van der Waals surface area contributed by atoms with Crippen molar-refractivity contribution < 1.29 is 14.3 Å². The Balaban J connectivity index is 4.74. The molecule has 0 aromatic heterocycles. The van der Waals surface area contributed by atoms with Crippen molar-refractivity contribution >= 4 is 23.7 Å². The van der Waals surface area contributed by atoms with E-state index in [0.29, 0.717) is 25.1 Å². The van der Waals surface area contributed by atoms with Gasteiger partial charge in [0, 0.05) is 18.7 Å². The molecule has 0 spiro atoms. The van der Waals surface area contributed by atoms with Gasteiger partial charge in [-0.2, -0.15) is 0 Å². The summed E-state index contributed by atoms with van der Waals surface area (Å²) in [6.07, 6.45) is 4.55. The van der Waals surface area contributed by atoms with Gasteiger partial charge in [0.15, 0.2) is 11.9 Å². The maximum atomic E-state index is 12.0. The van der Waals surface area contributed by atoms with Gasteiger partial charge in [-0.25, -0.2) is 0 Å². The minimum absolute atomic E-state index is 0.0190. The summed E-state index contributed by atoms with van der Waals surface area (Å²) in [6.45, 7) is 6.12. The number of aliphatic imine (C=N–C) groups is 2. The van der Waals surface area contributed by atoms with E-state index in [1.54, 1.807) is 13.0 Å². The van der Waals surface area contributed by atoms with Crippen LogP contribution in [0.1, 0.15) is 26.2 Å². The van der Waals surface area contributed by atoms with Crippen LogP contribution in [0.4, 0.5) is 0 Å². The number of unbranched alkanes of at least 4 members (excludes halogenated alkanes) is 1. The van der Waals surface area contributed by atoms with E-state index in [2.05, 4.69) is 21.9 Å². The number of carbonyl (C=O) groups excluding carboxylic acids is 2. The Labute approximate surface area is 164 Å². The van der Waals surface area contributed by atoms with Gasteiger partial charge in [0.25, 0.3) is 5.91 Å². The number of hydrogen-bond acceptors (Lipinski definition) is 5. The van der Waals surface area contributed by atoms with Crippen molar-refractivity contribution in [1.82, 2.24) is 5.32 Å². The number of carbonyl (C=O) groups is 2. The van der Waals surface area contributed by atoms with E-state index < -0.39 is 5.91 Å². The molecule has 28 heavy (non-hydrogen) atoms. The van der Waals surface area contributed by atoms with Gasteiger partial charge in [0.2, 0.25) is 5.91 Å². The maximum absolute atomic E-state index is 12.0. The minimum Gasteiger partial charge on any atom is -0.491 e.